The van der Waals surface area contributed by atoms with Crippen LogP contribution in [0.5, 0.6) is 0 Å². The van der Waals surface area contributed by atoms with E-state index in [-0.39, 0.29) is 11.9 Å². The number of hydrogen-bond donors (Lipinski definition) is 0. The predicted molar refractivity (Wildman–Crippen MR) is 113 cm³/mol. The van der Waals surface area contributed by atoms with Gasteiger partial charge in [-0.2, -0.15) is 9.49 Å². The van der Waals surface area contributed by atoms with Gasteiger partial charge in [0.2, 0.25) is 5.95 Å². The summed E-state index contributed by atoms with van der Waals surface area (Å²) in [6, 6.07) is 10.9. The Morgan fingerprint density at radius 2 is 2.10 bits per heavy atom. The van der Waals surface area contributed by atoms with Gasteiger partial charge in [0.1, 0.15) is 0 Å². The summed E-state index contributed by atoms with van der Waals surface area (Å²) in [5, 5.41) is 4.39. The van der Waals surface area contributed by atoms with E-state index in [2.05, 4.69) is 31.0 Å². The molecule has 1 aromatic carbocycles. The van der Waals surface area contributed by atoms with Crippen molar-refractivity contribution in [2.45, 2.75) is 19.4 Å². The zero-order chi connectivity index (χ0) is 20.8. The first-order valence-corrected chi connectivity index (χ1v) is 10.4. The van der Waals surface area contributed by atoms with Crippen LogP contribution in [0.15, 0.2) is 59.5 Å². The summed E-state index contributed by atoms with van der Waals surface area (Å²) in [5.41, 5.74) is 4.44. The van der Waals surface area contributed by atoms with E-state index in [9.17, 15) is 9.18 Å². The second-order valence-electron chi connectivity index (χ2n) is 7.28. The van der Waals surface area contributed by atoms with Gasteiger partial charge in [-0.1, -0.05) is 18.2 Å². The van der Waals surface area contributed by atoms with E-state index < -0.39 is 5.95 Å². The Hall–Kier alpha value is -3.13. The minimum Gasteiger partial charge on any atom is -0.330 e. The third-order valence-electron chi connectivity index (χ3n) is 5.51. The Morgan fingerprint density at radius 3 is 2.93 bits per heavy atom. The van der Waals surface area contributed by atoms with Crippen molar-refractivity contribution < 1.29 is 9.18 Å². The van der Waals surface area contributed by atoms with Gasteiger partial charge >= 0.3 is 0 Å². The lowest BCUT2D eigenvalue weighted by Gasteiger charge is -2.35. The molecule has 0 bridgehead atoms. The van der Waals surface area contributed by atoms with Crippen molar-refractivity contribution in [2.24, 2.45) is 0 Å². The minimum absolute atomic E-state index is 0.112. The Balaban J connectivity index is 1.45. The predicted octanol–water partition coefficient (Wildman–Crippen LogP) is 4.45. The number of carbonyl (C=O) groups excluding carboxylic acids is 1. The molecule has 6 nitrogen and oxygen atoms in total. The maximum Gasteiger partial charge on any atom is 0.274 e. The van der Waals surface area contributed by atoms with E-state index >= 15 is 0 Å². The molecule has 4 heterocycles. The van der Waals surface area contributed by atoms with Crippen LogP contribution in [0.25, 0.3) is 16.8 Å². The number of carbonyl (C=O) groups is 1. The average Bonchev–Trinajstić information content (AvgIpc) is 3.17. The van der Waals surface area contributed by atoms with Crippen LogP contribution in [0.1, 0.15) is 34.6 Å². The molecule has 8 heteroatoms. The first-order valence-electron chi connectivity index (χ1n) is 9.57. The van der Waals surface area contributed by atoms with Crippen LogP contribution in [0.3, 0.4) is 0 Å². The Morgan fingerprint density at radius 1 is 1.23 bits per heavy atom. The van der Waals surface area contributed by atoms with Crippen LogP contribution in [0, 0.1) is 5.95 Å². The average molecular weight is 466 g/mol. The highest BCUT2D eigenvalue weighted by molar-refractivity contribution is 9.10. The molecule has 150 valence electrons. The van der Waals surface area contributed by atoms with Crippen LogP contribution in [-0.4, -0.2) is 36.9 Å². The van der Waals surface area contributed by atoms with E-state index in [0.29, 0.717) is 29.9 Å². The van der Waals surface area contributed by atoms with Gasteiger partial charge in [-0.15, -0.1) is 0 Å². The molecule has 0 aliphatic carbocycles. The van der Waals surface area contributed by atoms with Crippen molar-refractivity contribution in [2.75, 3.05) is 6.54 Å². The fraction of sp³-hybridized carbons (Fsp3) is 0.182. The van der Waals surface area contributed by atoms with E-state index in [1.807, 2.05) is 30.0 Å². The summed E-state index contributed by atoms with van der Waals surface area (Å²) in [7, 11) is 0. The number of halogens is 2. The Bertz CT molecular complexity index is 1290. The molecule has 1 unspecified atom stereocenters. The molecule has 1 amide bonds. The van der Waals surface area contributed by atoms with Gasteiger partial charge in [0.05, 0.1) is 10.5 Å². The third-order valence-corrected chi connectivity index (χ3v) is 5.92. The van der Waals surface area contributed by atoms with Crippen molar-refractivity contribution in [1.82, 2.24) is 24.5 Å². The number of benzene rings is 1. The van der Waals surface area contributed by atoms with Gasteiger partial charge in [-0.05, 0) is 58.1 Å². The van der Waals surface area contributed by atoms with Crippen molar-refractivity contribution in [3.63, 3.8) is 0 Å². The number of hydrogen-bond acceptors (Lipinski definition) is 4. The van der Waals surface area contributed by atoms with Crippen LogP contribution >= 0.6 is 15.9 Å². The Labute approximate surface area is 180 Å². The maximum atomic E-state index is 14.1. The number of pyridine rings is 1. The van der Waals surface area contributed by atoms with Crippen molar-refractivity contribution in [1.29, 1.82) is 0 Å². The molecule has 1 atom stereocenters. The zero-order valence-corrected chi connectivity index (χ0v) is 17.7. The highest BCUT2D eigenvalue weighted by Gasteiger charge is 2.30. The van der Waals surface area contributed by atoms with Crippen LogP contribution in [0.4, 0.5) is 4.39 Å². The number of nitrogens with zero attached hydrogens (tertiary/aromatic N) is 5. The SMILES string of the molecule is CC1c2ccc(-c3cccnc3F)cc2CCN1C(=O)c1cc2ncc(Br)cn2n1. The Kier molecular flexibility index (Phi) is 4.58. The molecule has 0 saturated heterocycles. The molecule has 5 rings (SSSR count). The van der Waals surface area contributed by atoms with Crippen LogP contribution in [-0.2, 0) is 6.42 Å². The molecule has 3 aromatic heterocycles. The maximum absolute atomic E-state index is 14.1. The van der Waals surface area contributed by atoms with Crippen molar-refractivity contribution >= 4 is 27.5 Å². The number of amides is 1. The smallest absolute Gasteiger partial charge is 0.274 e. The second kappa shape index (κ2) is 7.28. The molecule has 0 saturated carbocycles. The number of fused-ring (bicyclic) bond motifs is 2. The summed E-state index contributed by atoms with van der Waals surface area (Å²) in [4.78, 5) is 23.0. The molecular formula is C22H17BrFN5O. The molecule has 1 aliphatic rings. The molecule has 30 heavy (non-hydrogen) atoms. The van der Waals surface area contributed by atoms with E-state index in [4.69, 9.17) is 0 Å². The van der Waals surface area contributed by atoms with Crippen LogP contribution in [0.2, 0.25) is 0 Å². The number of aromatic nitrogens is 4. The largest absolute Gasteiger partial charge is 0.330 e. The van der Waals surface area contributed by atoms with E-state index in [0.717, 1.165) is 21.2 Å². The third kappa shape index (κ3) is 3.17. The monoisotopic (exact) mass is 465 g/mol. The van der Waals surface area contributed by atoms with Gasteiger partial charge in [0.15, 0.2) is 11.3 Å². The molecular weight excluding hydrogens is 449 g/mol. The molecule has 0 fully saturated rings. The summed E-state index contributed by atoms with van der Waals surface area (Å²) < 4.78 is 16.5. The zero-order valence-electron chi connectivity index (χ0n) is 16.1. The highest BCUT2D eigenvalue weighted by Crippen LogP contribution is 2.34. The lowest BCUT2D eigenvalue weighted by Crippen LogP contribution is -2.39. The van der Waals surface area contributed by atoms with Gasteiger partial charge < -0.3 is 4.90 Å². The molecule has 0 spiro atoms. The van der Waals surface area contributed by atoms with Gasteiger partial charge in [0.25, 0.3) is 5.91 Å². The quantitative estimate of drug-likeness (QED) is 0.410. The van der Waals surface area contributed by atoms with Gasteiger partial charge in [-0.25, -0.2) is 14.5 Å². The standard InChI is InChI=1S/C22H17BrFN5O/c1-13-17-5-4-14(18-3-2-7-25-21(18)24)9-15(17)6-8-28(13)22(30)19-10-20-26-11-16(23)12-29(20)27-19/h2-5,7,9-13H,6,8H2,1H3. The summed E-state index contributed by atoms with van der Waals surface area (Å²) in [5.74, 6) is -0.609. The fourth-order valence-corrected chi connectivity index (χ4v) is 4.28. The number of rotatable bonds is 2. The lowest BCUT2D eigenvalue weighted by molar-refractivity contribution is 0.0671. The molecule has 0 N–H and O–H groups in total. The van der Waals surface area contributed by atoms with Crippen molar-refractivity contribution in [3.8, 4) is 11.1 Å². The van der Waals surface area contributed by atoms with Crippen LogP contribution < -0.4 is 0 Å². The first kappa shape index (κ1) is 18.9. The second-order valence-corrected chi connectivity index (χ2v) is 8.20. The lowest BCUT2D eigenvalue weighted by atomic mass is 9.90. The fourth-order valence-electron chi connectivity index (χ4n) is 3.98. The summed E-state index contributed by atoms with van der Waals surface area (Å²) in [6.45, 7) is 2.57. The van der Waals surface area contributed by atoms with Gasteiger partial charge in [0, 0.05) is 36.8 Å². The topological polar surface area (TPSA) is 63.4 Å². The normalized spacial score (nSPS) is 16.0. The van der Waals surface area contributed by atoms with Crippen molar-refractivity contribution in [3.05, 3.63) is 82.2 Å². The van der Waals surface area contributed by atoms with Gasteiger partial charge in [-0.3, -0.25) is 4.79 Å². The first-order chi connectivity index (χ1) is 14.5. The highest BCUT2D eigenvalue weighted by atomic mass is 79.9. The van der Waals surface area contributed by atoms with E-state index in [1.54, 1.807) is 35.1 Å². The molecule has 1 aliphatic heterocycles. The molecule has 0 radical (unpaired) electrons. The minimum atomic E-state index is -0.481. The summed E-state index contributed by atoms with van der Waals surface area (Å²) >= 11 is 3.36. The summed E-state index contributed by atoms with van der Waals surface area (Å²) in [6.07, 6.45) is 5.58. The van der Waals surface area contributed by atoms with E-state index in [1.165, 1.54) is 6.20 Å². The molecule has 4 aromatic rings.